The lowest BCUT2D eigenvalue weighted by Gasteiger charge is -2.32. The first-order valence-corrected chi connectivity index (χ1v) is 6.39. The maximum Gasteiger partial charge on any atom is 0.221 e. The van der Waals surface area contributed by atoms with Gasteiger partial charge in [0, 0.05) is 31.6 Å². The third kappa shape index (κ3) is 8.14. The van der Waals surface area contributed by atoms with Gasteiger partial charge in [0.05, 0.1) is 0 Å². The van der Waals surface area contributed by atoms with Gasteiger partial charge in [-0.15, -0.1) is 24.8 Å². The first-order valence-electron chi connectivity index (χ1n) is 6.39. The van der Waals surface area contributed by atoms with Crippen molar-refractivity contribution in [3.63, 3.8) is 0 Å². The van der Waals surface area contributed by atoms with Crippen molar-refractivity contribution in [2.75, 3.05) is 19.6 Å². The summed E-state index contributed by atoms with van der Waals surface area (Å²) in [6.45, 7) is 7.47. The number of nitrogens with two attached hydrogens (primary N) is 1. The van der Waals surface area contributed by atoms with Crippen molar-refractivity contribution in [3.05, 3.63) is 0 Å². The fraction of sp³-hybridized carbons (Fsp3) is 0.917. The summed E-state index contributed by atoms with van der Waals surface area (Å²) in [5.41, 5.74) is 5.59. The minimum Gasteiger partial charge on any atom is -0.353 e. The Kier molecular flexibility index (Phi) is 12.2. The van der Waals surface area contributed by atoms with Crippen molar-refractivity contribution in [3.8, 4) is 0 Å². The molecule has 0 bridgehead atoms. The van der Waals surface area contributed by atoms with E-state index >= 15 is 0 Å². The Morgan fingerprint density at radius 2 is 1.94 bits per heavy atom. The number of carbonyl (C=O) groups is 1. The fourth-order valence-corrected chi connectivity index (χ4v) is 2.20. The lowest BCUT2D eigenvalue weighted by Crippen LogP contribution is -2.45. The summed E-state index contributed by atoms with van der Waals surface area (Å²) in [6, 6.07) is 0.319. The second-order valence-corrected chi connectivity index (χ2v) is 4.86. The van der Waals surface area contributed by atoms with Gasteiger partial charge in [-0.25, -0.2) is 0 Å². The van der Waals surface area contributed by atoms with Crippen molar-refractivity contribution in [1.82, 2.24) is 10.2 Å². The van der Waals surface area contributed by atoms with Crippen LogP contribution in [-0.2, 0) is 4.79 Å². The molecule has 1 saturated heterocycles. The highest BCUT2D eigenvalue weighted by Crippen LogP contribution is 2.10. The molecule has 1 fully saturated rings. The van der Waals surface area contributed by atoms with Crippen LogP contribution in [0.5, 0.6) is 0 Å². The highest BCUT2D eigenvalue weighted by Gasteiger charge is 2.20. The number of nitrogens with one attached hydrogen (secondary N) is 1. The number of likely N-dealkylation sites (tertiary alicyclic amines) is 1. The quantitative estimate of drug-likeness (QED) is 0.810. The highest BCUT2D eigenvalue weighted by molar-refractivity contribution is 5.85. The fourth-order valence-electron chi connectivity index (χ4n) is 2.20. The molecule has 0 spiro atoms. The minimum absolute atomic E-state index is 0. The Morgan fingerprint density at radius 3 is 2.39 bits per heavy atom. The standard InChI is InChI=1S/C12H25N3O.2ClH/c1-3-6-15-7-4-11(5-8-15)14-12(16)9-10(2)13;;/h10-11H,3-9,13H2,1-2H3,(H,14,16);2*1H. The summed E-state index contributed by atoms with van der Waals surface area (Å²) in [5.74, 6) is 0.101. The number of nitrogens with zero attached hydrogens (tertiary/aromatic N) is 1. The molecule has 1 amide bonds. The van der Waals surface area contributed by atoms with Crippen LogP contribution in [-0.4, -0.2) is 42.5 Å². The Bertz CT molecular complexity index is 219. The van der Waals surface area contributed by atoms with Crippen molar-refractivity contribution < 1.29 is 4.79 Å². The molecule has 1 rings (SSSR count). The number of piperidine rings is 1. The van der Waals surface area contributed by atoms with E-state index in [-0.39, 0.29) is 36.8 Å². The summed E-state index contributed by atoms with van der Waals surface area (Å²) in [7, 11) is 0. The number of amides is 1. The van der Waals surface area contributed by atoms with Crippen LogP contribution in [0, 0.1) is 0 Å². The topological polar surface area (TPSA) is 58.4 Å². The SMILES string of the molecule is CCCN1CCC(NC(=O)CC(C)N)CC1.Cl.Cl. The normalized spacial score (nSPS) is 18.4. The van der Waals surface area contributed by atoms with E-state index in [0.29, 0.717) is 12.5 Å². The van der Waals surface area contributed by atoms with E-state index in [2.05, 4.69) is 17.1 Å². The molecule has 1 aliphatic heterocycles. The molecule has 3 N–H and O–H groups in total. The molecule has 1 atom stereocenters. The summed E-state index contributed by atoms with van der Waals surface area (Å²) in [5, 5.41) is 3.07. The molecule has 4 nitrogen and oxygen atoms in total. The van der Waals surface area contributed by atoms with E-state index in [1.807, 2.05) is 6.92 Å². The van der Waals surface area contributed by atoms with E-state index in [9.17, 15) is 4.79 Å². The van der Waals surface area contributed by atoms with E-state index in [4.69, 9.17) is 5.73 Å². The van der Waals surface area contributed by atoms with Gasteiger partial charge in [0.1, 0.15) is 0 Å². The number of rotatable bonds is 5. The molecule has 0 saturated carbocycles. The molecular formula is C12H27Cl2N3O. The predicted molar refractivity (Wildman–Crippen MR) is 80.7 cm³/mol. The van der Waals surface area contributed by atoms with Crippen LogP contribution >= 0.6 is 24.8 Å². The first kappa shape index (κ1) is 20.3. The molecule has 0 aromatic heterocycles. The Morgan fingerprint density at radius 1 is 1.39 bits per heavy atom. The summed E-state index contributed by atoms with van der Waals surface area (Å²) in [6.07, 6.45) is 3.80. The average molecular weight is 300 g/mol. The van der Waals surface area contributed by atoms with Crippen LogP contribution < -0.4 is 11.1 Å². The van der Waals surface area contributed by atoms with Crippen LogP contribution in [0.3, 0.4) is 0 Å². The second kappa shape index (κ2) is 10.9. The lowest BCUT2D eigenvalue weighted by atomic mass is 10.0. The first-order chi connectivity index (χ1) is 7.61. The number of carbonyl (C=O) groups excluding carboxylic acids is 1. The van der Waals surface area contributed by atoms with Gasteiger partial charge in [0.2, 0.25) is 5.91 Å². The average Bonchev–Trinajstić information content (AvgIpc) is 2.20. The van der Waals surface area contributed by atoms with Crippen molar-refractivity contribution in [2.45, 2.75) is 51.6 Å². The highest BCUT2D eigenvalue weighted by atomic mass is 35.5. The van der Waals surface area contributed by atoms with E-state index in [1.54, 1.807) is 0 Å². The van der Waals surface area contributed by atoms with Crippen LogP contribution in [0.15, 0.2) is 0 Å². The molecule has 1 heterocycles. The third-order valence-electron chi connectivity index (χ3n) is 3.00. The van der Waals surface area contributed by atoms with Crippen molar-refractivity contribution >= 4 is 30.7 Å². The second-order valence-electron chi connectivity index (χ2n) is 4.86. The smallest absolute Gasteiger partial charge is 0.221 e. The maximum atomic E-state index is 11.5. The van der Waals surface area contributed by atoms with Crippen molar-refractivity contribution in [1.29, 1.82) is 0 Å². The van der Waals surface area contributed by atoms with Gasteiger partial charge >= 0.3 is 0 Å². The van der Waals surface area contributed by atoms with Gasteiger partial charge in [-0.3, -0.25) is 4.79 Å². The van der Waals surface area contributed by atoms with E-state index in [0.717, 1.165) is 25.9 Å². The van der Waals surface area contributed by atoms with E-state index < -0.39 is 0 Å². The molecule has 0 aromatic carbocycles. The Hall–Kier alpha value is -0.0300. The van der Waals surface area contributed by atoms with Crippen LogP contribution in [0.2, 0.25) is 0 Å². The van der Waals surface area contributed by atoms with Crippen LogP contribution in [0.1, 0.15) is 39.5 Å². The van der Waals surface area contributed by atoms with Gasteiger partial charge in [-0.05, 0) is 32.7 Å². The van der Waals surface area contributed by atoms with E-state index in [1.165, 1.54) is 13.0 Å². The largest absolute Gasteiger partial charge is 0.353 e. The zero-order chi connectivity index (χ0) is 12.0. The molecular weight excluding hydrogens is 273 g/mol. The van der Waals surface area contributed by atoms with Gasteiger partial charge in [0.25, 0.3) is 0 Å². The maximum absolute atomic E-state index is 11.5. The van der Waals surface area contributed by atoms with Gasteiger partial charge in [-0.1, -0.05) is 6.92 Å². The molecule has 0 radical (unpaired) electrons. The van der Waals surface area contributed by atoms with Gasteiger partial charge in [0.15, 0.2) is 0 Å². The molecule has 1 aliphatic rings. The molecule has 0 aromatic rings. The third-order valence-corrected chi connectivity index (χ3v) is 3.00. The predicted octanol–water partition coefficient (Wildman–Crippen LogP) is 1.56. The summed E-state index contributed by atoms with van der Waals surface area (Å²) in [4.78, 5) is 14.0. The number of hydrogen-bond acceptors (Lipinski definition) is 3. The Labute approximate surface area is 123 Å². The zero-order valence-electron chi connectivity index (χ0n) is 11.4. The molecule has 0 aliphatic carbocycles. The summed E-state index contributed by atoms with van der Waals surface area (Å²) < 4.78 is 0. The number of hydrogen-bond donors (Lipinski definition) is 2. The molecule has 110 valence electrons. The van der Waals surface area contributed by atoms with Gasteiger partial charge < -0.3 is 16.0 Å². The minimum atomic E-state index is -0.0415. The molecule has 6 heteroatoms. The van der Waals surface area contributed by atoms with Crippen LogP contribution in [0.25, 0.3) is 0 Å². The van der Waals surface area contributed by atoms with Gasteiger partial charge in [-0.2, -0.15) is 0 Å². The molecule has 18 heavy (non-hydrogen) atoms. The monoisotopic (exact) mass is 299 g/mol. The lowest BCUT2D eigenvalue weighted by molar-refractivity contribution is -0.122. The summed E-state index contributed by atoms with van der Waals surface area (Å²) >= 11 is 0. The Balaban J connectivity index is 0. The number of halogens is 2. The van der Waals surface area contributed by atoms with Crippen LogP contribution in [0.4, 0.5) is 0 Å². The molecule has 1 unspecified atom stereocenters. The zero-order valence-corrected chi connectivity index (χ0v) is 13.0. The van der Waals surface area contributed by atoms with Crippen molar-refractivity contribution in [2.24, 2.45) is 5.73 Å².